The minimum atomic E-state index is -4.57. The van der Waals surface area contributed by atoms with Gasteiger partial charge in [-0.05, 0) is 54.6 Å². The minimum absolute atomic E-state index is 0.0160. The molecule has 3 aromatic rings. The lowest BCUT2D eigenvalue weighted by Crippen LogP contribution is -2.29. The van der Waals surface area contributed by atoms with Gasteiger partial charge in [0.2, 0.25) is 0 Å². The van der Waals surface area contributed by atoms with E-state index in [-0.39, 0.29) is 27.6 Å². The van der Waals surface area contributed by atoms with Gasteiger partial charge >= 0.3 is 6.18 Å². The van der Waals surface area contributed by atoms with E-state index in [9.17, 15) is 27.9 Å². The number of ketones is 1. The number of methoxy groups -OCH3 is 1. The molecule has 1 aromatic heterocycles. The van der Waals surface area contributed by atoms with Crippen molar-refractivity contribution in [2.75, 3.05) is 12.0 Å². The number of halogens is 4. The lowest BCUT2D eigenvalue weighted by molar-refractivity contribution is -0.137. The van der Waals surface area contributed by atoms with Crippen molar-refractivity contribution in [1.82, 2.24) is 0 Å². The van der Waals surface area contributed by atoms with Gasteiger partial charge in [0.05, 0.1) is 29.5 Å². The fraction of sp³-hybridized carbons (Fsp3) is 0.130. The van der Waals surface area contributed by atoms with Gasteiger partial charge in [0.25, 0.3) is 11.7 Å². The van der Waals surface area contributed by atoms with E-state index in [1.807, 2.05) is 0 Å². The first-order valence-electron chi connectivity index (χ1n) is 9.49. The molecule has 1 saturated heterocycles. The molecule has 170 valence electrons. The fourth-order valence-corrected chi connectivity index (χ4v) is 3.79. The number of amides is 1. The number of furan rings is 1. The predicted molar refractivity (Wildman–Crippen MR) is 113 cm³/mol. The van der Waals surface area contributed by atoms with Crippen molar-refractivity contribution < 1.29 is 37.0 Å². The molecule has 4 rings (SSSR count). The highest BCUT2D eigenvalue weighted by Gasteiger charge is 2.48. The second-order valence-corrected chi connectivity index (χ2v) is 7.48. The molecule has 0 spiro atoms. The van der Waals surface area contributed by atoms with Gasteiger partial charge in [-0.1, -0.05) is 11.6 Å². The summed E-state index contributed by atoms with van der Waals surface area (Å²) in [5.74, 6) is -2.21. The van der Waals surface area contributed by atoms with Crippen LogP contribution in [-0.4, -0.2) is 23.9 Å². The second-order valence-electron chi connectivity index (χ2n) is 7.07. The van der Waals surface area contributed by atoms with Gasteiger partial charge < -0.3 is 14.3 Å². The van der Waals surface area contributed by atoms with Crippen molar-refractivity contribution in [3.05, 3.63) is 88.3 Å². The summed E-state index contributed by atoms with van der Waals surface area (Å²) in [6.45, 7) is 0. The molecule has 1 aliphatic heterocycles. The molecule has 0 saturated carbocycles. The number of aliphatic hydroxyl groups excluding tert-OH is 1. The van der Waals surface area contributed by atoms with Gasteiger partial charge in [0.15, 0.2) is 0 Å². The molecule has 1 unspecified atom stereocenters. The first-order valence-corrected chi connectivity index (χ1v) is 9.87. The van der Waals surface area contributed by atoms with E-state index in [0.29, 0.717) is 5.75 Å². The summed E-state index contributed by atoms with van der Waals surface area (Å²) in [5, 5.41) is 11.1. The molecule has 6 nitrogen and oxygen atoms in total. The SMILES string of the molecule is COc1ccc(Cl)c(/C(O)=C2/C(=O)C(=O)N(c3ccc(C(F)(F)F)cc3)C2c2ccco2)c1. The van der Waals surface area contributed by atoms with Crippen LogP contribution in [0.4, 0.5) is 18.9 Å². The molecule has 1 amide bonds. The molecule has 2 aromatic carbocycles. The first-order chi connectivity index (χ1) is 15.6. The molecule has 33 heavy (non-hydrogen) atoms. The van der Waals surface area contributed by atoms with Gasteiger partial charge in [-0.15, -0.1) is 0 Å². The van der Waals surface area contributed by atoms with Crippen LogP contribution in [-0.2, 0) is 15.8 Å². The van der Waals surface area contributed by atoms with Gasteiger partial charge in [0.1, 0.15) is 23.3 Å². The Kier molecular flexibility index (Phi) is 5.67. The highest BCUT2D eigenvalue weighted by atomic mass is 35.5. The molecule has 1 atom stereocenters. The van der Waals surface area contributed by atoms with Crippen LogP contribution in [0.2, 0.25) is 5.02 Å². The number of anilines is 1. The van der Waals surface area contributed by atoms with Gasteiger partial charge in [0, 0.05) is 11.3 Å². The van der Waals surface area contributed by atoms with Crippen molar-refractivity contribution >= 4 is 34.7 Å². The number of nitrogens with zero attached hydrogens (tertiary/aromatic N) is 1. The number of hydrogen-bond donors (Lipinski definition) is 1. The Morgan fingerprint density at radius 1 is 1.12 bits per heavy atom. The molecule has 2 heterocycles. The maximum atomic E-state index is 13.0. The van der Waals surface area contributed by atoms with E-state index in [2.05, 4.69) is 0 Å². The average molecular weight is 478 g/mol. The predicted octanol–water partition coefficient (Wildman–Crippen LogP) is 5.59. The van der Waals surface area contributed by atoms with Gasteiger partial charge in [-0.3, -0.25) is 14.5 Å². The number of alkyl halides is 3. The summed E-state index contributed by atoms with van der Waals surface area (Å²) >= 11 is 6.21. The zero-order valence-corrected chi connectivity index (χ0v) is 17.6. The van der Waals surface area contributed by atoms with Crippen LogP contribution in [0.3, 0.4) is 0 Å². The zero-order valence-electron chi connectivity index (χ0n) is 16.9. The van der Waals surface area contributed by atoms with Crippen LogP contribution in [0, 0.1) is 0 Å². The number of ether oxygens (including phenoxy) is 1. The third-order valence-electron chi connectivity index (χ3n) is 5.16. The van der Waals surface area contributed by atoms with Crippen LogP contribution < -0.4 is 9.64 Å². The molecule has 0 radical (unpaired) electrons. The standard InChI is InChI=1S/C23H15ClF3NO5/c1-32-14-8-9-16(24)15(11-14)20(29)18-19(17-3-2-10-33-17)28(22(31)21(18)30)13-6-4-12(5-7-13)23(25,26)27/h2-11,19,29H,1H3/b20-18-. The fourth-order valence-electron chi connectivity index (χ4n) is 3.58. The minimum Gasteiger partial charge on any atom is -0.507 e. The molecule has 0 bridgehead atoms. The van der Waals surface area contributed by atoms with E-state index in [0.717, 1.165) is 29.2 Å². The van der Waals surface area contributed by atoms with Crippen LogP contribution in [0.25, 0.3) is 5.76 Å². The molecule has 1 N–H and O–H groups in total. The average Bonchev–Trinajstić information content (AvgIpc) is 3.40. The van der Waals surface area contributed by atoms with Crippen molar-refractivity contribution in [2.45, 2.75) is 12.2 Å². The van der Waals surface area contributed by atoms with Crippen LogP contribution >= 0.6 is 11.6 Å². The lowest BCUT2D eigenvalue weighted by Gasteiger charge is -2.23. The monoisotopic (exact) mass is 477 g/mol. The second kappa shape index (κ2) is 8.32. The van der Waals surface area contributed by atoms with Crippen LogP contribution in [0.5, 0.6) is 5.75 Å². The van der Waals surface area contributed by atoms with Gasteiger partial charge in [-0.2, -0.15) is 13.2 Å². The van der Waals surface area contributed by atoms with Crippen molar-refractivity contribution in [1.29, 1.82) is 0 Å². The Morgan fingerprint density at radius 3 is 2.39 bits per heavy atom. The Hall–Kier alpha value is -3.72. The summed E-state index contributed by atoms with van der Waals surface area (Å²) in [6, 6.07) is 9.88. The highest BCUT2D eigenvalue weighted by Crippen LogP contribution is 2.44. The number of carbonyl (C=O) groups is 2. The Labute approximate surface area is 190 Å². The van der Waals surface area contributed by atoms with E-state index in [1.165, 1.54) is 37.6 Å². The van der Waals surface area contributed by atoms with Crippen LogP contribution in [0.15, 0.2) is 70.9 Å². The molecule has 1 fully saturated rings. The largest absolute Gasteiger partial charge is 0.507 e. The van der Waals surface area contributed by atoms with Crippen molar-refractivity contribution in [3.8, 4) is 5.75 Å². The number of Topliss-reactive ketones (excluding diaryl/α,β-unsaturated/α-hetero) is 1. The van der Waals surface area contributed by atoms with E-state index in [4.69, 9.17) is 20.8 Å². The normalized spacial score (nSPS) is 18.1. The van der Waals surface area contributed by atoms with Gasteiger partial charge in [-0.25, -0.2) is 0 Å². The quantitative estimate of drug-likeness (QED) is 0.301. The number of benzene rings is 2. The first kappa shape index (κ1) is 22.5. The molecule has 0 aliphatic carbocycles. The highest BCUT2D eigenvalue weighted by molar-refractivity contribution is 6.51. The topological polar surface area (TPSA) is 80.0 Å². The maximum Gasteiger partial charge on any atom is 0.416 e. The number of rotatable bonds is 4. The van der Waals surface area contributed by atoms with Crippen molar-refractivity contribution in [3.63, 3.8) is 0 Å². The summed E-state index contributed by atoms with van der Waals surface area (Å²) in [5.41, 5.74) is -1.19. The smallest absolute Gasteiger partial charge is 0.416 e. The van der Waals surface area contributed by atoms with E-state index >= 15 is 0 Å². The van der Waals surface area contributed by atoms with Crippen LogP contribution in [0.1, 0.15) is 22.9 Å². The summed E-state index contributed by atoms with van der Waals surface area (Å²) in [4.78, 5) is 26.9. The third kappa shape index (κ3) is 3.95. The Morgan fingerprint density at radius 2 is 1.82 bits per heavy atom. The number of carbonyl (C=O) groups excluding carboxylic acids is 2. The number of hydrogen-bond acceptors (Lipinski definition) is 5. The summed E-state index contributed by atoms with van der Waals surface area (Å²) in [7, 11) is 1.40. The molecule has 1 aliphatic rings. The Balaban J connectivity index is 1.90. The lowest BCUT2D eigenvalue weighted by atomic mass is 9.99. The molecule has 10 heteroatoms. The zero-order chi connectivity index (χ0) is 23.9. The Bertz CT molecular complexity index is 1250. The molecular formula is C23H15ClF3NO5. The summed E-state index contributed by atoms with van der Waals surface area (Å²) < 4.78 is 49.5. The third-order valence-corrected chi connectivity index (χ3v) is 5.49. The van der Waals surface area contributed by atoms with E-state index < -0.39 is 35.2 Å². The summed E-state index contributed by atoms with van der Waals surface area (Å²) in [6.07, 6.45) is -3.27. The van der Waals surface area contributed by atoms with Crippen molar-refractivity contribution in [2.24, 2.45) is 0 Å². The maximum absolute atomic E-state index is 13.0. The van der Waals surface area contributed by atoms with E-state index in [1.54, 1.807) is 6.07 Å². The number of aliphatic hydroxyl groups is 1. The molecular weight excluding hydrogens is 463 g/mol.